The first-order valence-electron chi connectivity index (χ1n) is 7.27. The summed E-state index contributed by atoms with van der Waals surface area (Å²) in [5.41, 5.74) is 4.28. The van der Waals surface area contributed by atoms with Crippen molar-refractivity contribution in [3.63, 3.8) is 0 Å². The summed E-state index contributed by atoms with van der Waals surface area (Å²) in [6.07, 6.45) is 0.467. The second kappa shape index (κ2) is 6.59. The van der Waals surface area contributed by atoms with Crippen molar-refractivity contribution in [3.8, 4) is 0 Å². The highest BCUT2D eigenvalue weighted by molar-refractivity contribution is 9.15. The first kappa shape index (κ1) is 15.2. The minimum absolute atomic E-state index is 0.0817. The molecular formula is C19H17BrO2. The summed E-state index contributed by atoms with van der Waals surface area (Å²) in [6.45, 7) is 0.530. The summed E-state index contributed by atoms with van der Waals surface area (Å²) < 4.78 is 6.41. The van der Waals surface area contributed by atoms with E-state index in [1.807, 2.05) is 42.5 Å². The number of methoxy groups -OCH3 is 1. The summed E-state index contributed by atoms with van der Waals surface area (Å²) in [5, 5.41) is 0. The van der Waals surface area contributed by atoms with Gasteiger partial charge in [-0.15, -0.1) is 0 Å². The predicted octanol–water partition coefficient (Wildman–Crippen LogP) is 4.81. The van der Waals surface area contributed by atoms with Crippen LogP contribution in [0.2, 0.25) is 0 Å². The number of carbonyl (C=O) groups excluding carboxylic acids is 1. The van der Waals surface area contributed by atoms with E-state index in [9.17, 15) is 4.79 Å². The fourth-order valence-corrected chi connectivity index (χ4v) is 3.75. The molecule has 0 N–H and O–H groups in total. The van der Waals surface area contributed by atoms with Crippen molar-refractivity contribution in [2.75, 3.05) is 13.7 Å². The second-order valence-corrected chi connectivity index (χ2v) is 6.20. The number of ketones is 1. The van der Waals surface area contributed by atoms with Crippen molar-refractivity contribution in [2.45, 2.75) is 12.3 Å². The molecule has 0 aliphatic heterocycles. The van der Waals surface area contributed by atoms with Gasteiger partial charge in [0.2, 0.25) is 0 Å². The second-order valence-electron chi connectivity index (χ2n) is 5.41. The maximum Gasteiger partial charge on any atom is 0.163 e. The van der Waals surface area contributed by atoms with Gasteiger partial charge >= 0.3 is 0 Å². The fraction of sp³-hybridized carbons (Fsp3) is 0.211. The van der Waals surface area contributed by atoms with Crippen LogP contribution >= 0.6 is 15.9 Å². The quantitative estimate of drug-likeness (QED) is 0.718. The van der Waals surface area contributed by atoms with E-state index in [2.05, 4.69) is 28.1 Å². The van der Waals surface area contributed by atoms with Crippen LogP contribution in [0.15, 0.2) is 60.2 Å². The van der Waals surface area contributed by atoms with Crippen LogP contribution < -0.4 is 0 Å². The molecule has 2 aromatic carbocycles. The average Bonchev–Trinajstić information content (AvgIpc) is 2.82. The smallest absolute Gasteiger partial charge is 0.163 e. The standard InChI is InChI=1S/C19H17BrO2/c1-22-12-17-16(11-18(21)13-7-3-2-4-8-13)14-9-5-6-10-15(14)19(17)20/h2-10,16H,11-12H2,1H3. The van der Waals surface area contributed by atoms with E-state index < -0.39 is 0 Å². The Morgan fingerprint density at radius 1 is 1.09 bits per heavy atom. The minimum Gasteiger partial charge on any atom is -0.380 e. The van der Waals surface area contributed by atoms with Gasteiger partial charge in [0, 0.05) is 29.5 Å². The number of halogens is 1. The van der Waals surface area contributed by atoms with Crippen molar-refractivity contribution in [1.29, 1.82) is 0 Å². The van der Waals surface area contributed by atoms with Crippen LogP contribution in [-0.4, -0.2) is 19.5 Å². The summed E-state index contributed by atoms with van der Waals surface area (Å²) in [7, 11) is 1.69. The number of Topliss-reactive ketones (excluding diaryl/α,β-unsaturated/α-hetero) is 1. The summed E-state index contributed by atoms with van der Waals surface area (Å²) in [5.74, 6) is 0.245. The van der Waals surface area contributed by atoms with Gasteiger partial charge < -0.3 is 4.74 Å². The largest absolute Gasteiger partial charge is 0.380 e. The molecule has 0 aromatic heterocycles. The highest BCUT2D eigenvalue weighted by Gasteiger charge is 2.31. The zero-order valence-corrected chi connectivity index (χ0v) is 14.0. The Morgan fingerprint density at radius 2 is 1.77 bits per heavy atom. The van der Waals surface area contributed by atoms with Crippen LogP contribution in [-0.2, 0) is 4.74 Å². The topological polar surface area (TPSA) is 26.3 Å². The molecule has 0 heterocycles. The van der Waals surface area contributed by atoms with Gasteiger partial charge in [0.05, 0.1) is 6.61 Å². The first-order valence-corrected chi connectivity index (χ1v) is 8.06. The number of rotatable bonds is 5. The van der Waals surface area contributed by atoms with Crippen molar-refractivity contribution >= 4 is 26.2 Å². The van der Waals surface area contributed by atoms with Crippen LogP contribution in [0.25, 0.3) is 4.48 Å². The number of benzene rings is 2. The lowest BCUT2D eigenvalue weighted by atomic mass is 9.89. The molecule has 0 fully saturated rings. The normalized spacial score (nSPS) is 16.7. The lowest BCUT2D eigenvalue weighted by molar-refractivity contribution is 0.0975. The molecule has 0 saturated heterocycles. The average molecular weight is 357 g/mol. The molecule has 0 spiro atoms. The molecule has 0 saturated carbocycles. The van der Waals surface area contributed by atoms with Crippen molar-refractivity contribution < 1.29 is 9.53 Å². The Bertz CT molecular complexity index is 719. The molecular weight excluding hydrogens is 340 g/mol. The molecule has 1 unspecified atom stereocenters. The Balaban J connectivity index is 1.93. The van der Waals surface area contributed by atoms with E-state index in [1.165, 1.54) is 11.1 Å². The number of carbonyl (C=O) groups is 1. The summed E-state index contributed by atoms with van der Waals surface area (Å²) in [4.78, 5) is 12.6. The van der Waals surface area contributed by atoms with Gasteiger partial charge in [-0.3, -0.25) is 4.79 Å². The Morgan fingerprint density at radius 3 is 2.50 bits per heavy atom. The van der Waals surface area contributed by atoms with Gasteiger partial charge in [-0.1, -0.05) is 70.5 Å². The minimum atomic E-state index is 0.0817. The molecule has 3 rings (SSSR count). The zero-order chi connectivity index (χ0) is 15.5. The molecule has 1 aliphatic rings. The third-order valence-corrected chi connectivity index (χ3v) is 5.00. The third-order valence-electron chi connectivity index (χ3n) is 4.06. The number of hydrogen-bond acceptors (Lipinski definition) is 2. The van der Waals surface area contributed by atoms with E-state index in [4.69, 9.17) is 4.74 Å². The van der Waals surface area contributed by atoms with E-state index in [0.717, 1.165) is 15.6 Å². The lowest BCUT2D eigenvalue weighted by Crippen LogP contribution is -2.10. The van der Waals surface area contributed by atoms with Gasteiger partial charge in [0.1, 0.15) is 0 Å². The van der Waals surface area contributed by atoms with Crippen molar-refractivity contribution in [2.24, 2.45) is 0 Å². The van der Waals surface area contributed by atoms with E-state index in [1.54, 1.807) is 7.11 Å². The van der Waals surface area contributed by atoms with E-state index >= 15 is 0 Å². The molecule has 22 heavy (non-hydrogen) atoms. The van der Waals surface area contributed by atoms with Crippen molar-refractivity contribution in [1.82, 2.24) is 0 Å². The monoisotopic (exact) mass is 356 g/mol. The van der Waals surface area contributed by atoms with Gasteiger partial charge in [-0.25, -0.2) is 0 Å². The lowest BCUT2D eigenvalue weighted by Gasteiger charge is -2.15. The Hall–Kier alpha value is -1.71. The highest BCUT2D eigenvalue weighted by atomic mass is 79.9. The van der Waals surface area contributed by atoms with E-state index in [0.29, 0.717) is 13.0 Å². The predicted molar refractivity (Wildman–Crippen MR) is 92.3 cm³/mol. The first-order chi connectivity index (χ1) is 10.7. The van der Waals surface area contributed by atoms with Crippen LogP contribution in [0.5, 0.6) is 0 Å². The van der Waals surface area contributed by atoms with Gasteiger partial charge in [-0.2, -0.15) is 0 Å². The SMILES string of the molecule is COCC1=C(Br)c2ccccc2C1CC(=O)c1ccccc1. The summed E-state index contributed by atoms with van der Waals surface area (Å²) in [6, 6.07) is 17.7. The summed E-state index contributed by atoms with van der Waals surface area (Å²) >= 11 is 3.68. The molecule has 1 aliphatic carbocycles. The molecule has 0 amide bonds. The third kappa shape index (κ3) is 2.79. The zero-order valence-electron chi connectivity index (χ0n) is 12.4. The van der Waals surface area contributed by atoms with Gasteiger partial charge in [0.15, 0.2) is 5.78 Å². The fourth-order valence-electron chi connectivity index (χ4n) is 2.99. The maximum absolute atomic E-state index is 12.6. The molecule has 0 bridgehead atoms. The Kier molecular flexibility index (Phi) is 4.55. The maximum atomic E-state index is 12.6. The van der Waals surface area contributed by atoms with Crippen molar-refractivity contribution in [3.05, 3.63) is 76.9 Å². The molecule has 2 nitrogen and oxygen atoms in total. The number of ether oxygens (including phenoxy) is 1. The van der Waals surface area contributed by atoms with Gasteiger partial charge in [-0.05, 0) is 16.7 Å². The van der Waals surface area contributed by atoms with Crippen LogP contribution in [0.1, 0.15) is 33.8 Å². The highest BCUT2D eigenvalue weighted by Crippen LogP contribution is 2.46. The Labute approximate surface area is 138 Å². The molecule has 1 atom stereocenters. The number of hydrogen-bond donors (Lipinski definition) is 0. The molecule has 2 aromatic rings. The molecule has 0 radical (unpaired) electrons. The van der Waals surface area contributed by atoms with Gasteiger partial charge in [0.25, 0.3) is 0 Å². The van der Waals surface area contributed by atoms with Crippen LogP contribution in [0.4, 0.5) is 0 Å². The van der Waals surface area contributed by atoms with Crippen LogP contribution in [0.3, 0.4) is 0 Å². The van der Waals surface area contributed by atoms with E-state index in [-0.39, 0.29) is 11.7 Å². The van der Waals surface area contributed by atoms with Crippen LogP contribution in [0, 0.1) is 0 Å². The molecule has 112 valence electrons. The molecule has 3 heteroatoms. The number of fused-ring (bicyclic) bond motifs is 1.